The van der Waals surface area contributed by atoms with E-state index in [4.69, 9.17) is 4.74 Å². The molecule has 1 N–H and O–H groups in total. The van der Waals surface area contributed by atoms with Gasteiger partial charge in [0.2, 0.25) is 0 Å². The number of alkyl halides is 1. The number of hydrogen-bond donors (Lipinski definition) is 1. The second kappa shape index (κ2) is 2.89. The monoisotopic (exact) mass is 133 g/mol. The molecule has 0 aliphatic carbocycles. The van der Waals surface area contributed by atoms with Gasteiger partial charge in [-0.2, -0.15) is 0 Å². The average Bonchev–Trinajstić information content (AvgIpc) is 2.34. The van der Waals surface area contributed by atoms with Crippen molar-refractivity contribution >= 4 is 6.29 Å². The van der Waals surface area contributed by atoms with E-state index in [-0.39, 0.29) is 0 Å². The highest BCUT2D eigenvalue weighted by Crippen LogP contribution is 2.02. The molecule has 3 nitrogen and oxygen atoms in total. The van der Waals surface area contributed by atoms with E-state index in [2.05, 4.69) is 5.32 Å². The molecule has 1 aliphatic rings. The van der Waals surface area contributed by atoms with Gasteiger partial charge in [-0.25, -0.2) is 4.39 Å². The standard InChI is InChI=1S/C5H8FNO2/c6-1-4-2-7-5(3-8)9-4/h3-5,7H,1-2H2. The molecule has 9 heavy (non-hydrogen) atoms. The minimum atomic E-state index is -0.592. The molecule has 2 unspecified atom stereocenters. The van der Waals surface area contributed by atoms with Crippen molar-refractivity contribution < 1.29 is 13.9 Å². The quantitative estimate of drug-likeness (QED) is 0.514. The van der Waals surface area contributed by atoms with E-state index >= 15 is 0 Å². The van der Waals surface area contributed by atoms with Gasteiger partial charge in [-0.3, -0.25) is 10.1 Å². The summed E-state index contributed by atoms with van der Waals surface area (Å²) < 4.78 is 16.5. The largest absolute Gasteiger partial charge is 0.349 e. The Morgan fingerprint density at radius 3 is 3.00 bits per heavy atom. The highest BCUT2D eigenvalue weighted by Gasteiger charge is 2.22. The van der Waals surface area contributed by atoms with E-state index in [1.165, 1.54) is 0 Å². The highest BCUT2D eigenvalue weighted by molar-refractivity contribution is 5.55. The summed E-state index contributed by atoms with van der Waals surface area (Å²) in [6, 6.07) is 0. The number of hydrogen-bond acceptors (Lipinski definition) is 3. The SMILES string of the molecule is O=CC1NCC(CF)O1. The number of ether oxygens (including phenoxy) is 1. The minimum Gasteiger partial charge on any atom is -0.349 e. The first-order chi connectivity index (χ1) is 4.36. The maximum absolute atomic E-state index is 11.7. The summed E-state index contributed by atoms with van der Waals surface area (Å²) >= 11 is 0. The van der Waals surface area contributed by atoms with Crippen molar-refractivity contribution in [1.29, 1.82) is 0 Å². The topological polar surface area (TPSA) is 38.3 Å². The van der Waals surface area contributed by atoms with Crippen LogP contribution in [0.1, 0.15) is 0 Å². The van der Waals surface area contributed by atoms with E-state index < -0.39 is 19.0 Å². The summed E-state index contributed by atoms with van der Waals surface area (Å²) in [4.78, 5) is 9.96. The predicted octanol–water partition coefficient (Wildman–Crippen LogP) is -0.531. The van der Waals surface area contributed by atoms with Crippen LogP contribution in [-0.2, 0) is 9.53 Å². The smallest absolute Gasteiger partial charge is 0.165 e. The maximum Gasteiger partial charge on any atom is 0.165 e. The molecule has 1 aliphatic heterocycles. The summed E-state index contributed by atoms with van der Waals surface area (Å²) in [5.41, 5.74) is 0. The molecule has 0 saturated carbocycles. The lowest BCUT2D eigenvalue weighted by Crippen LogP contribution is -2.23. The van der Waals surface area contributed by atoms with Crippen LogP contribution in [0.15, 0.2) is 0 Å². The Bertz CT molecular complexity index is 109. The molecular formula is C5H8FNO2. The van der Waals surface area contributed by atoms with Crippen molar-refractivity contribution in [2.75, 3.05) is 13.2 Å². The Morgan fingerprint density at radius 1 is 1.89 bits per heavy atom. The summed E-state index contributed by atoms with van der Waals surface area (Å²) in [5, 5.41) is 2.68. The molecule has 1 heterocycles. The van der Waals surface area contributed by atoms with Crippen LogP contribution in [0.2, 0.25) is 0 Å². The van der Waals surface area contributed by atoms with Crippen molar-refractivity contribution in [3.8, 4) is 0 Å². The zero-order valence-electron chi connectivity index (χ0n) is 4.84. The average molecular weight is 133 g/mol. The number of rotatable bonds is 2. The number of carbonyl (C=O) groups is 1. The second-order valence-corrected chi connectivity index (χ2v) is 1.88. The van der Waals surface area contributed by atoms with E-state index in [9.17, 15) is 9.18 Å². The maximum atomic E-state index is 11.7. The highest BCUT2D eigenvalue weighted by atomic mass is 19.1. The van der Waals surface area contributed by atoms with E-state index in [0.717, 1.165) is 0 Å². The molecule has 2 atom stereocenters. The number of aldehydes is 1. The van der Waals surface area contributed by atoms with Crippen molar-refractivity contribution in [2.45, 2.75) is 12.3 Å². The van der Waals surface area contributed by atoms with Gasteiger partial charge in [0.15, 0.2) is 12.5 Å². The fourth-order valence-electron chi connectivity index (χ4n) is 0.722. The molecule has 4 heteroatoms. The molecule has 0 amide bonds. The van der Waals surface area contributed by atoms with Crippen molar-refractivity contribution in [3.63, 3.8) is 0 Å². The van der Waals surface area contributed by atoms with Crippen LogP contribution in [0.3, 0.4) is 0 Å². The normalized spacial score (nSPS) is 34.8. The molecule has 0 aromatic heterocycles. The molecule has 0 spiro atoms. The molecule has 0 aromatic carbocycles. The first kappa shape index (κ1) is 6.64. The number of nitrogens with one attached hydrogen (secondary N) is 1. The van der Waals surface area contributed by atoms with Crippen LogP contribution in [0.25, 0.3) is 0 Å². The Labute approximate surface area is 52.2 Å². The lowest BCUT2D eigenvalue weighted by molar-refractivity contribution is -0.118. The lowest BCUT2D eigenvalue weighted by atomic mass is 10.4. The van der Waals surface area contributed by atoms with Gasteiger partial charge >= 0.3 is 0 Å². The molecule has 1 fully saturated rings. The van der Waals surface area contributed by atoms with Gasteiger partial charge < -0.3 is 4.74 Å². The van der Waals surface area contributed by atoms with Gasteiger partial charge in [0.1, 0.15) is 12.8 Å². The molecule has 1 rings (SSSR count). The summed E-state index contributed by atoms with van der Waals surface area (Å²) in [5.74, 6) is 0. The van der Waals surface area contributed by atoms with Crippen LogP contribution >= 0.6 is 0 Å². The number of carbonyl (C=O) groups excluding carboxylic acids is 1. The zero-order chi connectivity index (χ0) is 6.69. The van der Waals surface area contributed by atoms with Gasteiger partial charge in [-0.1, -0.05) is 0 Å². The van der Waals surface area contributed by atoms with Crippen LogP contribution in [-0.4, -0.2) is 31.8 Å². The van der Waals surface area contributed by atoms with Crippen molar-refractivity contribution in [1.82, 2.24) is 5.32 Å². The predicted molar refractivity (Wildman–Crippen MR) is 28.7 cm³/mol. The fourth-order valence-corrected chi connectivity index (χ4v) is 0.722. The van der Waals surface area contributed by atoms with E-state index in [1.807, 2.05) is 0 Å². The molecular weight excluding hydrogens is 125 g/mol. The van der Waals surface area contributed by atoms with Gasteiger partial charge in [0.05, 0.1) is 0 Å². The third-order valence-corrected chi connectivity index (χ3v) is 1.18. The molecule has 1 saturated heterocycles. The third-order valence-electron chi connectivity index (χ3n) is 1.18. The number of halogens is 1. The Morgan fingerprint density at radius 2 is 2.67 bits per heavy atom. The Hall–Kier alpha value is -0.480. The Balaban J connectivity index is 2.28. The van der Waals surface area contributed by atoms with Gasteiger partial charge in [0.25, 0.3) is 0 Å². The fraction of sp³-hybridized carbons (Fsp3) is 0.800. The second-order valence-electron chi connectivity index (χ2n) is 1.88. The van der Waals surface area contributed by atoms with Crippen molar-refractivity contribution in [3.05, 3.63) is 0 Å². The third kappa shape index (κ3) is 1.46. The molecule has 52 valence electrons. The Kier molecular flexibility index (Phi) is 2.13. The molecule has 0 radical (unpaired) electrons. The van der Waals surface area contributed by atoms with Crippen molar-refractivity contribution in [2.24, 2.45) is 0 Å². The van der Waals surface area contributed by atoms with E-state index in [0.29, 0.717) is 12.8 Å². The molecule has 0 bridgehead atoms. The minimum absolute atomic E-state index is 0.430. The first-order valence-corrected chi connectivity index (χ1v) is 2.77. The molecule has 0 aromatic rings. The van der Waals surface area contributed by atoms with Gasteiger partial charge in [-0.05, 0) is 0 Å². The van der Waals surface area contributed by atoms with Gasteiger partial charge in [0, 0.05) is 6.54 Å². The van der Waals surface area contributed by atoms with Crippen LogP contribution in [0.5, 0.6) is 0 Å². The summed E-state index contributed by atoms with van der Waals surface area (Å²) in [7, 11) is 0. The van der Waals surface area contributed by atoms with Crippen LogP contribution in [0.4, 0.5) is 4.39 Å². The van der Waals surface area contributed by atoms with Crippen LogP contribution < -0.4 is 5.32 Å². The summed E-state index contributed by atoms with van der Waals surface area (Å²) in [6.45, 7) is -0.1000. The van der Waals surface area contributed by atoms with E-state index in [1.54, 1.807) is 0 Å². The zero-order valence-corrected chi connectivity index (χ0v) is 4.84. The lowest BCUT2D eigenvalue weighted by Gasteiger charge is -2.01. The summed E-state index contributed by atoms with van der Waals surface area (Å²) in [6.07, 6.45) is -0.402. The first-order valence-electron chi connectivity index (χ1n) is 2.77. The van der Waals surface area contributed by atoms with Gasteiger partial charge in [-0.15, -0.1) is 0 Å². The van der Waals surface area contributed by atoms with Crippen LogP contribution in [0, 0.1) is 0 Å².